The molecule has 0 saturated carbocycles. The van der Waals surface area contributed by atoms with Crippen LogP contribution in [0.15, 0.2) is 12.3 Å². The van der Waals surface area contributed by atoms with Gasteiger partial charge in [-0.05, 0) is 12.0 Å². The van der Waals surface area contributed by atoms with Crippen LogP contribution in [0.3, 0.4) is 0 Å². The normalized spacial score (nSPS) is 20.0. The van der Waals surface area contributed by atoms with Crippen LogP contribution in [-0.2, 0) is 17.9 Å². The highest BCUT2D eigenvalue weighted by molar-refractivity contribution is 6.27. The zero-order chi connectivity index (χ0) is 11.7. The van der Waals surface area contributed by atoms with Gasteiger partial charge in [0.2, 0.25) is 5.91 Å². The molecule has 0 N–H and O–H groups in total. The summed E-state index contributed by atoms with van der Waals surface area (Å²) < 4.78 is 1.97. The summed E-state index contributed by atoms with van der Waals surface area (Å²) in [5.74, 6) is 0.467. The van der Waals surface area contributed by atoms with Gasteiger partial charge in [0.1, 0.15) is 5.88 Å². The van der Waals surface area contributed by atoms with Gasteiger partial charge in [0.05, 0.1) is 24.8 Å². The maximum Gasteiger partial charge on any atom is 0.238 e. The fourth-order valence-electron chi connectivity index (χ4n) is 2.15. The summed E-state index contributed by atoms with van der Waals surface area (Å²) in [7, 11) is 0. The average Bonchev–Trinajstić information content (AvgIpc) is 2.73. The van der Waals surface area contributed by atoms with Crippen molar-refractivity contribution in [2.45, 2.75) is 33.0 Å². The lowest BCUT2D eigenvalue weighted by atomic mass is 10.0. The minimum atomic E-state index is 0.00724. The monoisotopic (exact) mass is 241 g/mol. The lowest BCUT2D eigenvalue weighted by Crippen LogP contribution is -2.49. The maximum atomic E-state index is 11.8. The molecule has 1 aliphatic heterocycles. The van der Waals surface area contributed by atoms with Crippen LogP contribution in [0.25, 0.3) is 0 Å². The number of carbonyl (C=O) groups excluding carboxylic acids is 1. The van der Waals surface area contributed by atoms with E-state index in [1.54, 1.807) is 6.20 Å². The predicted octanol–water partition coefficient (Wildman–Crippen LogP) is 1.49. The summed E-state index contributed by atoms with van der Waals surface area (Å²) in [4.78, 5) is 13.6. The van der Waals surface area contributed by atoms with Crippen molar-refractivity contribution in [1.82, 2.24) is 14.7 Å². The Morgan fingerprint density at radius 1 is 1.69 bits per heavy atom. The fraction of sp³-hybridized carbons (Fsp3) is 0.636. The van der Waals surface area contributed by atoms with Crippen LogP contribution in [0.2, 0.25) is 0 Å². The van der Waals surface area contributed by atoms with Gasteiger partial charge in [-0.3, -0.25) is 9.48 Å². The maximum absolute atomic E-state index is 11.8. The summed E-state index contributed by atoms with van der Waals surface area (Å²) in [5.41, 5.74) is 1.08. The van der Waals surface area contributed by atoms with E-state index in [0.29, 0.717) is 12.5 Å². The Balaban J connectivity index is 2.26. The average molecular weight is 242 g/mol. The molecule has 16 heavy (non-hydrogen) atoms. The topological polar surface area (TPSA) is 38.1 Å². The van der Waals surface area contributed by atoms with Crippen molar-refractivity contribution in [3.05, 3.63) is 18.0 Å². The van der Waals surface area contributed by atoms with E-state index in [0.717, 1.165) is 12.2 Å². The second-order valence-electron chi connectivity index (χ2n) is 4.47. The third kappa shape index (κ3) is 1.94. The number of rotatable bonds is 2. The third-order valence-electron chi connectivity index (χ3n) is 3.10. The van der Waals surface area contributed by atoms with E-state index in [-0.39, 0.29) is 17.8 Å². The Morgan fingerprint density at radius 2 is 2.44 bits per heavy atom. The Morgan fingerprint density at radius 3 is 3.06 bits per heavy atom. The van der Waals surface area contributed by atoms with Crippen molar-refractivity contribution >= 4 is 17.5 Å². The highest BCUT2D eigenvalue weighted by atomic mass is 35.5. The fourth-order valence-corrected chi connectivity index (χ4v) is 2.30. The molecule has 0 aliphatic carbocycles. The van der Waals surface area contributed by atoms with Crippen molar-refractivity contribution in [3.8, 4) is 0 Å². The molecule has 0 saturated heterocycles. The first-order valence-electron chi connectivity index (χ1n) is 5.49. The van der Waals surface area contributed by atoms with Gasteiger partial charge in [-0.1, -0.05) is 13.8 Å². The number of nitrogens with zero attached hydrogens (tertiary/aromatic N) is 3. The molecule has 2 rings (SSSR count). The first-order chi connectivity index (χ1) is 7.63. The lowest BCUT2D eigenvalue weighted by Gasteiger charge is -2.38. The van der Waals surface area contributed by atoms with Crippen LogP contribution in [0.5, 0.6) is 0 Å². The van der Waals surface area contributed by atoms with E-state index < -0.39 is 0 Å². The lowest BCUT2D eigenvalue weighted by molar-refractivity contribution is -0.134. The number of aromatic nitrogens is 2. The molecular weight excluding hydrogens is 226 g/mol. The molecule has 1 aromatic rings. The minimum absolute atomic E-state index is 0.00724. The van der Waals surface area contributed by atoms with E-state index >= 15 is 0 Å². The second kappa shape index (κ2) is 4.45. The first-order valence-corrected chi connectivity index (χ1v) is 6.03. The minimum Gasteiger partial charge on any atom is -0.331 e. The van der Waals surface area contributed by atoms with Crippen LogP contribution in [0.1, 0.15) is 19.5 Å². The van der Waals surface area contributed by atoms with Crippen molar-refractivity contribution in [3.63, 3.8) is 0 Å². The summed E-state index contributed by atoms with van der Waals surface area (Å²) in [6.07, 6.45) is 1.78. The number of alkyl halides is 1. The van der Waals surface area contributed by atoms with Crippen molar-refractivity contribution in [2.24, 2.45) is 5.92 Å². The van der Waals surface area contributed by atoms with E-state index in [1.807, 2.05) is 15.6 Å². The van der Waals surface area contributed by atoms with E-state index in [4.69, 9.17) is 11.6 Å². The van der Waals surface area contributed by atoms with Gasteiger partial charge in [-0.2, -0.15) is 5.10 Å². The molecule has 0 aromatic carbocycles. The molecule has 1 amide bonds. The highest BCUT2D eigenvalue weighted by Crippen LogP contribution is 2.22. The van der Waals surface area contributed by atoms with Crippen LogP contribution >= 0.6 is 11.6 Å². The Hall–Kier alpha value is -1.03. The van der Waals surface area contributed by atoms with E-state index in [9.17, 15) is 4.79 Å². The SMILES string of the molecule is CC(C)[C@@H]1Cn2nccc2CN1C(=O)CCl. The highest BCUT2D eigenvalue weighted by Gasteiger charge is 2.31. The van der Waals surface area contributed by atoms with Crippen LogP contribution in [0.4, 0.5) is 0 Å². The van der Waals surface area contributed by atoms with E-state index in [2.05, 4.69) is 18.9 Å². The van der Waals surface area contributed by atoms with Crippen LogP contribution in [-0.4, -0.2) is 32.5 Å². The van der Waals surface area contributed by atoms with Crippen molar-refractivity contribution in [1.29, 1.82) is 0 Å². The molecule has 1 aromatic heterocycles. The van der Waals surface area contributed by atoms with E-state index in [1.165, 1.54) is 0 Å². The molecular formula is C11H16ClN3O. The number of amides is 1. The zero-order valence-electron chi connectivity index (χ0n) is 9.56. The van der Waals surface area contributed by atoms with Crippen LogP contribution in [0, 0.1) is 5.92 Å². The van der Waals surface area contributed by atoms with Gasteiger partial charge < -0.3 is 4.90 Å². The molecule has 4 nitrogen and oxygen atoms in total. The standard InChI is InChI=1S/C11H16ClN3O/c1-8(2)10-7-15-9(3-4-13-15)6-14(10)11(16)5-12/h3-4,8,10H,5-7H2,1-2H3/t10-/m0/s1. The molecule has 1 atom stereocenters. The molecule has 0 radical (unpaired) electrons. The molecule has 1 aliphatic rings. The Kier molecular flexibility index (Phi) is 3.19. The molecule has 0 bridgehead atoms. The number of hydrogen-bond donors (Lipinski definition) is 0. The molecule has 0 unspecified atom stereocenters. The zero-order valence-corrected chi connectivity index (χ0v) is 10.3. The van der Waals surface area contributed by atoms with Crippen LogP contribution < -0.4 is 0 Å². The summed E-state index contributed by atoms with van der Waals surface area (Å²) in [6.45, 7) is 5.62. The third-order valence-corrected chi connectivity index (χ3v) is 3.33. The van der Waals surface area contributed by atoms with Gasteiger partial charge in [0.15, 0.2) is 0 Å². The van der Waals surface area contributed by atoms with Crippen molar-refractivity contribution < 1.29 is 4.79 Å². The number of halogens is 1. The molecule has 88 valence electrons. The molecule has 0 fully saturated rings. The van der Waals surface area contributed by atoms with Gasteiger partial charge >= 0.3 is 0 Å². The second-order valence-corrected chi connectivity index (χ2v) is 4.74. The predicted molar refractivity (Wildman–Crippen MR) is 62.1 cm³/mol. The number of fused-ring (bicyclic) bond motifs is 1. The quantitative estimate of drug-likeness (QED) is 0.736. The summed E-state index contributed by atoms with van der Waals surface area (Å²) in [6, 6.07) is 2.14. The molecule has 5 heteroatoms. The smallest absolute Gasteiger partial charge is 0.238 e. The summed E-state index contributed by atoms with van der Waals surface area (Å²) >= 11 is 5.64. The largest absolute Gasteiger partial charge is 0.331 e. The first kappa shape index (κ1) is 11.5. The van der Waals surface area contributed by atoms with Gasteiger partial charge in [0, 0.05) is 6.20 Å². The van der Waals surface area contributed by atoms with Gasteiger partial charge in [-0.15, -0.1) is 11.6 Å². The molecule has 2 heterocycles. The summed E-state index contributed by atoms with van der Waals surface area (Å²) in [5, 5.41) is 4.25. The number of carbonyl (C=O) groups is 1. The number of hydrogen-bond acceptors (Lipinski definition) is 2. The Bertz CT molecular complexity index is 388. The van der Waals surface area contributed by atoms with Gasteiger partial charge in [-0.25, -0.2) is 0 Å². The van der Waals surface area contributed by atoms with Gasteiger partial charge in [0.25, 0.3) is 0 Å². The van der Waals surface area contributed by atoms with Crippen molar-refractivity contribution in [2.75, 3.05) is 5.88 Å². The Labute approximate surface area is 100 Å². The molecule has 0 spiro atoms.